The maximum Gasteiger partial charge on any atom is 0.270 e. The Kier molecular flexibility index (Phi) is 5.12. The number of non-ortho nitro benzene ring substituents is 1. The van der Waals surface area contributed by atoms with E-state index in [0.29, 0.717) is 0 Å². The number of aromatic nitrogens is 2. The van der Waals surface area contributed by atoms with Crippen molar-refractivity contribution in [2.75, 3.05) is 5.73 Å². The van der Waals surface area contributed by atoms with Crippen LogP contribution < -0.4 is 5.73 Å². The van der Waals surface area contributed by atoms with E-state index >= 15 is 0 Å². The van der Waals surface area contributed by atoms with Crippen LogP contribution in [0.15, 0.2) is 24.3 Å². The van der Waals surface area contributed by atoms with Crippen LogP contribution in [0.2, 0.25) is 0 Å². The summed E-state index contributed by atoms with van der Waals surface area (Å²) in [6, 6.07) is 7.94. The van der Waals surface area contributed by atoms with Gasteiger partial charge in [-0.2, -0.15) is 0 Å². The Morgan fingerprint density at radius 2 is 1.19 bits per heavy atom. The van der Waals surface area contributed by atoms with E-state index in [-0.39, 0.29) is 10.6 Å². The number of fused-ring (bicyclic) bond motifs is 6. The quantitative estimate of drug-likeness (QED) is 0.147. The molecule has 0 radical (unpaired) electrons. The van der Waals surface area contributed by atoms with E-state index in [0.717, 1.165) is 42.4 Å². The minimum atomic E-state index is -0.255. The molecule has 0 amide bonds. The summed E-state index contributed by atoms with van der Waals surface area (Å²) in [6.07, 6.45) is 14.7. The van der Waals surface area contributed by atoms with Crippen molar-refractivity contribution in [3.63, 3.8) is 0 Å². The molecule has 0 spiro atoms. The van der Waals surface area contributed by atoms with Gasteiger partial charge in [-0.05, 0) is 98.6 Å². The number of hydrogen-bond donors (Lipinski definition) is 1. The molecule has 0 saturated carbocycles. The van der Waals surface area contributed by atoms with Gasteiger partial charge < -0.3 is 14.9 Å². The fourth-order valence-electron chi connectivity index (χ4n) is 7.52. The first-order chi connectivity index (χ1) is 17.6. The van der Waals surface area contributed by atoms with Gasteiger partial charge in [0.1, 0.15) is 0 Å². The molecule has 0 fully saturated rings. The molecular formula is C30H34N4O2. The predicted octanol–water partition coefficient (Wildman–Crippen LogP) is 6.42. The molecule has 4 aromatic rings. The second-order valence-electron chi connectivity index (χ2n) is 11.1. The Labute approximate surface area is 211 Å². The van der Waals surface area contributed by atoms with Gasteiger partial charge in [-0.15, -0.1) is 0 Å². The molecule has 4 heterocycles. The van der Waals surface area contributed by atoms with E-state index in [1.807, 2.05) is 0 Å². The molecule has 2 N–H and O–H groups in total. The van der Waals surface area contributed by atoms with Crippen molar-refractivity contribution in [1.82, 2.24) is 9.13 Å². The number of nitro groups is 1. The molecule has 2 aliphatic heterocycles. The zero-order valence-corrected chi connectivity index (χ0v) is 20.9. The third-order valence-electron chi connectivity index (χ3n) is 9.02. The third-order valence-corrected chi connectivity index (χ3v) is 9.02. The van der Waals surface area contributed by atoms with Crippen molar-refractivity contribution in [2.45, 2.75) is 90.1 Å². The van der Waals surface area contributed by atoms with Crippen LogP contribution in [-0.2, 0) is 51.6 Å². The Hall–Kier alpha value is -3.28. The van der Waals surface area contributed by atoms with Crippen molar-refractivity contribution < 1.29 is 4.92 Å². The lowest BCUT2D eigenvalue weighted by Crippen LogP contribution is -2.00. The lowest BCUT2D eigenvalue weighted by molar-refractivity contribution is -0.384. The average molecular weight is 483 g/mol. The fourth-order valence-corrected chi connectivity index (χ4v) is 7.52. The van der Waals surface area contributed by atoms with Crippen molar-refractivity contribution >= 4 is 33.2 Å². The summed E-state index contributed by atoms with van der Waals surface area (Å²) < 4.78 is 5.00. The molecule has 36 heavy (non-hydrogen) atoms. The van der Waals surface area contributed by atoms with Gasteiger partial charge in [-0.1, -0.05) is 12.8 Å². The fraction of sp³-hybridized carbons (Fsp3) is 0.467. The van der Waals surface area contributed by atoms with E-state index in [1.165, 1.54) is 97.6 Å². The van der Waals surface area contributed by atoms with E-state index in [1.54, 1.807) is 23.4 Å². The maximum absolute atomic E-state index is 11.1. The monoisotopic (exact) mass is 482 g/mol. The van der Waals surface area contributed by atoms with Crippen molar-refractivity contribution in [1.29, 1.82) is 0 Å². The van der Waals surface area contributed by atoms with Gasteiger partial charge >= 0.3 is 0 Å². The first-order valence-corrected chi connectivity index (χ1v) is 13.8. The van der Waals surface area contributed by atoms with Gasteiger partial charge in [0.15, 0.2) is 0 Å². The topological polar surface area (TPSA) is 79.0 Å². The Bertz CT molecular complexity index is 1540. The van der Waals surface area contributed by atoms with Crippen LogP contribution in [0.4, 0.5) is 11.4 Å². The second kappa shape index (κ2) is 8.39. The number of anilines is 1. The summed E-state index contributed by atoms with van der Waals surface area (Å²) in [5.41, 5.74) is 18.7. The zero-order chi connectivity index (χ0) is 24.4. The van der Waals surface area contributed by atoms with Crippen LogP contribution in [0.3, 0.4) is 0 Å². The molecule has 0 unspecified atom stereocenters. The molecule has 0 saturated heterocycles. The van der Waals surface area contributed by atoms with E-state index in [9.17, 15) is 10.1 Å². The molecule has 4 aliphatic rings. The number of nitro benzene ring substituents is 1. The van der Waals surface area contributed by atoms with Crippen LogP contribution in [-0.4, -0.2) is 14.1 Å². The minimum Gasteiger partial charge on any atom is -0.399 e. The smallest absolute Gasteiger partial charge is 0.270 e. The van der Waals surface area contributed by atoms with Crippen LogP contribution in [0.25, 0.3) is 21.8 Å². The second-order valence-corrected chi connectivity index (χ2v) is 11.1. The molecule has 186 valence electrons. The highest BCUT2D eigenvalue weighted by Gasteiger charge is 2.27. The summed E-state index contributed by atoms with van der Waals surface area (Å²) in [5, 5.41) is 13.7. The van der Waals surface area contributed by atoms with Gasteiger partial charge in [-0.25, -0.2) is 0 Å². The van der Waals surface area contributed by atoms with E-state index in [4.69, 9.17) is 5.73 Å². The summed E-state index contributed by atoms with van der Waals surface area (Å²) in [4.78, 5) is 10.8. The van der Waals surface area contributed by atoms with Crippen molar-refractivity contribution in [3.05, 3.63) is 68.0 Å². The number of rotatable bonds is 1. The molecule has 2 aliphatic carbocycles. The Morgan fingerprint density at radius 1 is 0.667 bits per heavy atom. The number of nitrogens with zero attached hydrogens (tertiary/aromatic N) is 3. The Morgan fingerprint density at radius 3 is 1.78 bits per heavy atom. The van der Waals surface area contributed by atoms with Crippen molar-refractivity contribution in [3.8, 4) is 0 Å². The average Bonchev–Trinajstić information content (AvgIpc) is 3.52. The molecule has 2 aromatic carbocycles. The van der Waals surface area contributed by atoms with Crippen LogP contribution in [0.5, 0.6) is 0 Å². The lowest BCUT2D eigenvalue weighted by Gasteiger charge is -2.05. The highest BCUT2D eigenvalue weighted by Crippen LogP contribution is 2.40. The molecule has 6 heteroatoms. The maximum atomic E-state index is 11.1. The summed E-state index contributed by atoms with van der Waals surface area (Å²) in [6.45, 7) is 2.17. The summed E-state index contributed by atoms with van der Waals surface area (Å²) in [7, 11) is 0. The highest BCUT2D eigenvalue weighted by molar-refractivity contribution is 5.93. The zero-order valence-electron chi connectivity index (χ0n) is 20.9. The van der Waals surface area contributed by atoms with Gasteiger partial charge in [-0.3, -0.25) is 10.1 Å². The highest BCUT2D eigenvalue weighted by atomic mass is 16.6. The van der Waals surface area contributed by atoms with Crippen LogP contribution in [0, 0.1) is 10.1 Å². The first-order valence-electron chi connectivity index (χ1n) is 13.8. The molecule has 0 atom stereocenters. The van der Waals surface area contributed by atoms with Crippen LogP contribution >= 0.6 is 0 Å². The first kappa shape index (κ1) is 22.0. The number of aryl methyl sites for hydroxylation is 6. The molecular weight excluding hydrogens is 448 g/mol. The lowest BCUT2D eigenvalue weighted by atomic mass is 10.0. The normalized spacial score (nSPS) is 17.9. The number of nitrogens with two attached hydrogens (primary N) is 1. The molecule has 0 bridgehead atoms. The summed E-state index contributed by atoms with van der Waals surface area (Å²) >= 11 is 0. The number of nitrogen functional groups attached to an aromatic ring is 1. The molecule has 6 nitrogen and oxygen atoms in total. The largest absolute Gasteiger partial charge is 0.399 e. The van der Waals surface area contributed by atoms with Gasteiger partial charge in [0, 0.05) is 53.1 Å². The number of benzene rings is 2. The molecule has 2 aromatic heterocycles. The number of hydrogen-bond acceptors (Lipinski definition) is 3. The van der Waals surface area contributed by atoms with Crippen LogP contribution in [0.1, 0.15) is 72.2 Å². The van der Waals surface area contributed by atoms with E-state index < -0.39 is 0 Å². The SMILES string of the molecule is Nc1cc2c3c(c1)c1c(n3CC2)CCCCC1.O=[N+]([O-])c1cc2c3c(c1)c1c(n3CC2)CCCCC1. The van der Waals surface area contributed by atoms with Gasteiger partial charge in [0.2, 0.25) is 0 Å². The summed E-state index contributed by atoms with van der Waals surface area (Å²) in [5.74, 6) is 0. The van der Waals surface area contributed by atoms with Gasteiger partial charge in [0.05, 0.1) is 16.0 Å². The minimum absolute atomic E-state index is 0.255. The van der Waals surface area contributed by atoms with Gasteiger partial charge in [0.25, 0.3) is 5.69 Å². The van der Waals surface area contributed by atoms with E-state index in [2.05, 4.69) is 21.3 Å². The third kappa shape index (κ3) is 3.30. The van der Waals surface area contributed by atoms with Crippen molar-refractivity contribution in [2.24, 2.45) is 0 Å². The Balaban J connectivity index is 0.000000123. The molecule has 8 rings (SSSR count). The standard InChI is InChI=1S/C15H16N2O2.C15H18N2/c18-17(19)11-8-10-6-7-16-14-5-3-1-2-4-12(14)13(9-11)15(10)16;16-11-8-10-6-7-17-14-5-3-1-2-4-12(14)13(9-11)15(10)17/h8-9H,1-7H2;8-9H,1-7,16H2. The predicted molar refractivity (Wildman–Crippen MR) is 145 cm³/mol.